The third kappa shape index (κ3) is 9.11. The van der Waals surface area contributed by atoms with Crippen LogP contribution >= 0.6 is 0 Å². The molecule has 6 unspecified atom stereocenters. The van der Waals surface area contributed by atoms with E-state index in [1.54, 1.807) is 26.8 Å². The first kappa shape index (κ1) is 39.5. The number of alkyl halides is 2. The zero-order valence-corrected chi connectivity index (χ0v) is 32.5. The van der Waals surface area contributed by atoms with Crippen LogP contribution in [0.5, 0.6) is 5.88 Å². The molecule has 7 rings (SSSR count). The standard InChI is InChI=1S/C40H48F2N6O7S/c1-38(2,3)55-37(52)45-30-16-8-5-11-19-39(41,42)21-25-22-40(25,36(51)47-56(53)27-17-18-27)46-33(49)31-20-26(23-48(31)35(30)50)54-34-32(24-12-6-4-7-13-24)43-28-14-9-10-15-29(28)44-34/h4,6-7,9-10,12-15,25-27,30-31H,5,8,11,16-23H2,1-3H3,(H,45,52)(H,46,49)(H,47,51). The van der Waals surface area contributed by atoms with Crippen molar-refractivity contribution in [2.24, 2.45) is 5.92 Å². The minimum absolute atomic E-state index is 0.0496. The van der Waals surface area contributed by atoms with Gasteiger partial charge in [0.15, 0.2) is 0 Å². The Morgan fingerprint density at radius 3 is 2.34 bits per heavy atom. The van der Waals surface area contributed by atoms with Crippen LogP contribution in [-0.2, 0) is 30.1 Å². The number of fused-ring (bicyclic) bond motifs is 3. The summed E-state index contributed by atoms with van der Waals surface area (Å²) in [5.74, 6) is -5.98. The van der Waals surface area contributed by atoms with E-state index in [1.807, 2.05) is 48.5 Å². The van der Waals surface area contributed by atoms with Crippen LogP contribution in [0.4, 0.5) is 13.6 Å². The van der Waals surface area contributed by atoms with E-state index in [-0.39, 0.29) is 43.4 Å². The van der Waals surface area contributed by atoms with Crippen molar-refractivity contribution in [1.29, 1.82) is 0 Å². The first-order valence-corrected chi connectivity index (χ1v) is 20.5. The van der Waals surface area contributed by atoms with Gasteiger partial charge in [0, 0.05) is 24.8 Å². The van der Waals surface area contributed by atoms with Crippen molar-refractivity contribution in [3.8, 4) is 17.1 Å². The number of carbonyl (C=O) groups is 4. The van der Waals surface area contributed by atoms with Gasteiger partial charge < -0.3 is 25.0 Å². The van der Waals surface area contributed by atoms with E-state index in [2.05, 4.69) is 15.4 Å². The number of nitrogens with zero attached hydrogens (tertiary/aromatic N) is 3. The minimum Gasteiger partial charge on any atom is -0.471 e. The fourth-order valence-corrected chi connectivity index (χ4v) is 8.67. The maximum atomic E-state index is 15.4. The second-order valence-electron chi connectivity index (χ2n) is 16.4. The number of nitrogens with one attached hydrogen (secondary N) is 3. The monoisotopic (exact) mass is 794 g/mol. The van der Waals surface area contributed by atoms with Crippen LogP contribution in [0.25, 0.3) is 22.3 Å². The fraction of sp³-hybridized carbons (Fsp3) is 0.550. The van der Waals surface area contributed by atoms with E-state index in [0.29, 0.717) is 42.4 Å². The Kier molecular flexibility index (Phi) is 11.0. The van der Waals surface area contributed by atoms with Crippen LogP contribution in [0.1, 0.15) is 85.0 Å². The van der Waals surface area contributed by atoms with Gasteiger partial charge in [-0.25, -0.2) is 27.8 Å². The minimum atomic E-state index is -3.13. The molecule has 3 N–H and O–H groups in total. The van der Waals surface area contributed by atoms with Crippen molar-refractivity contribution < 1.29 is 41.6 Å². The smallest absolute Gasteiger partial charge is 0.408 e. The molecule has 4 aliphatic rings. The fourth-order valence-electron chi connectivity index (χ4n) is 7.58. The highest BCUT2D eigenvalue weighted by Gasteiger charge is 2.64. The van der Waals surface area contributed by atoms with Gasteiger partial charge in [0.05, 0.1) is 22.8 Å². The molecule has 16 heteroatoms. The molecule has 4 fully saturated rings. The Labute approximate surface area is 326 Å². The Hall–Kier alpha value is -4.73. The molecule has 2 saturated heterocycles. The SMILES string of the molecule is CC(C)(C)OC(=O)NC1CCCCCC(F)(F)CC2CC2(C(=O)NS(=O)C2CC2)NC(=O)C2CC(Oc3nc4ccccc4nc3-c3ccccc3)CN2C1=O. The summed E-state index contributed by atoms with van der Waals surface area (Å²) in [6.07, 6.45) is -0.582. The lowest BCUT2D eigenvalue weighted by Gasteiger charge is -2.30. The Morgan fingerprint density at radius 1 is 0.946 bits per heavy atom. The van der Waals surface area contributed by atoms with Crippen molar-refractivity contribution in [2.45, 2.75) is 125 Å². The number of hydrogen-bond donors (Lipinski definition) is 3. The molecule has 6 atom stereocenters. The molecule has 3 aromatic rings. The van der Waals surface area contributed by atoms with Crippen LogP contribution in [0.15, 0.2) is 54.6 Å². The highest BCUT2D eigenvalue weighted by Crippen LogP contribution is 2.51. The van der Waals surface area contributed by atoms with Gasteiger partial charge >= 0.3 is 6.09 Å². The molecular formula is C40H48F2N6O7S. The average Bonchev–Trinajstić information content (AvgIpc) is 4.06. The lowest BCUT2D eigenvalue weighted by atomic mass is 10.00. The van der Waals surface area contributed by atoms with Crippen LogP contribution in [0.3, 0.4) is 0 Å². The molecule has 0 bridgehead atoms. The zero-order chi connectivity index (χ0) is 39.8. The van der Waals surface area contributed by atoms with Gasteiger partial charge in [-0.05, 0) is 70.9 Å². The number of para-hydroxylation sites is 2. The van der Waals surface area contributed by atoms with E-state index in [1.165, 1.54) is 4.90 Å². The molecule has 300 valence electrons. The van der Waals surface area contributed by atoms with E-state index in [9.17, 15) is 23.4 Å². The highest BCUT2D eigenvalue weighted by atomic mass is 32.2. The van der Waals surface area contributed by atoms with E-state index >= 15 is 8.78 Å². The van der Waals surface area contributed by atoms with Gasteiger partial charge in [-0.3, -0.25) is 19.1 Å². The summed E-state index contributed by atoms with van der Waals surface area (Å²) in [5.41, 5.74) is -0.217. The second-order valence-corrected chi connectivity index (χ2v) is 17.8. The number of benzene rings is 2. The molecule has 56 heavy (non-hydrogen) atoms. The van der Waals surface area contributed by atoms with Gasteiger partial charge in [0.25, 0.3) is 5.91 Å². The second kappa shape index (κ2) is 15.7. The molecule has 2 saturated carbocycles. The maximum absolute atomic E-state index is 15.4. The number of ether oxygens (including phenoxy) is 2. The summed E-state index contributed by atoms with van der Waals surface area (Å²) in [5, 5.41) is 5.20. The number of halogens is 2. The first-order valence-electron chi connectivity index (χ1n) is 19.3. The zero-order valence-electron chi connectivity index (χ0n) is 31.7. The van der Waals surface area contributed by atoms with E-state index in [0.717, 1.165) is 5.56 Å². The van der Waals surface area contributed by atoms with E-state index in [4.69, 9.17) is 19.4 Å². The molecule has 2 aromatic carbocycles. The lowest BCUT2D eigenvalue weighted by molar-refractivity contribution is -0.141. The number of aromatic nitrogens is 2. The van der Waals surface area contributed by atoms with Gasteiger partial charge in [-0.2, -0.15) is 0 Å². The molecule has 3 heterocycles. The quantitative estimate of drug-likeness (QED) is 0.286. The molecule has 0 spiro atoms. The normalized spacial score (nSPS) is 27.4. The molecule has 13 nitrogen and oxygen atoms in total. The van der Waals surface area contributed by atoms with Crippen molar-refractivity contribution in [3.05, 3.63) is 54.6 Å². The summed E-state index contributed by atoms with van der Waals surface area (Å²) >= 11 is 0. The molecule has 0 radical (unpaired) electrons. The third-order valence-electron chi connectivity index (χ3n) is 10.7. The average molecular weight is 795 g/mol. The van der Waals surface area contributed by atoms with Crippen molar-refractivity contribution >= 4 is 45.8 Å². The van der Waals surface area contributed by atoms with Crippen LogP contribution < -0.4 is 20.1 Å². The molecule has 2 aliphatic carbocycles. The number of hydrogen-bond acceptors (Lipinski definition) is 9. The van der Waals surface area contributed by atoms with E-state index < -0.39 is 88.8 Å². The summed E-state index contributed by atoms with van der Waals surface area (Å²) < 4.78 is 58.0. The number of amides is 4. The van der Waals surface area contributed by atoms with Crippen LogP contribution in [0, 0.1) is 5.92 Å². The summed E-state index contributed by atoms with van der Waals surface area (Å²) in [6, 6.07) is 14.2. The molecular weight excluding hydrogens is 747 g/mol. The number of alkyl carbamates (subject to hydrolysis) is 1. The largest absolute Gasteiger partial charge is 0.471 e. The topological polar surface area (TPSA) is 169 Å². The summed E-state index contributed by atoms with van der Waals surface area (Å²) in [6.45, 7) is 4.96. The van der Waals surface area contributed by atoms with Gasteiger partial charge in [-0.1, -0.05) is 55.3 Å². The maximum Gasteiger partial charge on any atom is 0.408 e. The van der Waals surface area contributed by atoms with Gasteiger partial charge in [0.1, 0.15) is 46.0 Å². The molecule has 4 amide bonds. The first-order chi connectivity index (χ1) is 26.6. The van der Waals surface area contributed by atoms with Crippen molar-refractivity contribution in [2.75, 3.05) is 6.54 Å². The van der Waals surface area contributed by atoms with Crippen LogP contribution in [-0.4, -0.2) is 89.9 Å². The van der Waals surface area contributed by atoms with Gasteiger partial charge in [0.2, 0.25) is 23.6 Å². The third-order valence-corrected chi connectivity index (χ3v) is 12.1. The van der Waals surface area contributed by atoms with Crippen molar-refractivity contribution in [1.82, 2.24) is 30.2 Å². The predicted octanol–water partition coefficient (Wildman–Crippen LogP) is 5.35. The van der Waals surface area contributed by atoms with Crippen molar-refractivity contribution in [3.63, 3.8) is 0 Å². The Morgan fingerprint density at radius 2 is 1.64 bits per heavy atom. The number of rotatable bonds is 7. The molecule has 1 aromatic heterocycles. The van der Waals surface area contributed by atoms with Gasteiger partial charge in [-0.15, -0.1) is 0 Å². The Balaban J connectivity index is 1.22. The predicted molar refractivity (Wildman–Crippen MR) is 204 cm³/mol. The summed E-state index contributed by atoms with van der Waals surface area (Å²) in [7, 11) is -1.73. The Bertz CT molecular complexity index is 2010. The van der Waals surface area contributed by atoms with Crippen LogP contribution in [0.2, 0.25) is 0 Å². The highest BCUT2D eigenvalue weighted by molar-refractivity contribution is 7.84. The molecule has 2 aliphatic heterocycles. The summed E-state index contributed by atoms with van der Waals surface area (Å²) in [4.78, 5) is 66.7. The number of carbonyl (C=O) groups excluding carboxylic acids is 4. The lowest BCUT2D eigenvalue weighted by Crippen LogP contribution is -2.58.